The minimum absolute atomic E-state index is 0.0422. The molecule has 3 N–H and O–H groups in total. The van der Waals surface area contributed by atoms with Crippen LogP contribution >= 0.6 is 0 Å². The minimum Gasteiger partial charge on any atom is -0.395 e. The number of hydrogen-bond donors (Lipinski definition) is 3. The molecule has 0 spiro atoms. The number of aromatic nitrogens is 1. The molecule has 0 radical (unpaired) electrons. The van der Waals surface area contributed by atoms with Gasteiger partial charge in [0.25, 0.3) is 0 Å². The van der Waals surface area contributed by atoms with Gasteiger partial charge in [-0.15, -0.1) is 0 Å². The summed E-state index contributed by atoms with van der Waals surface area (Å²) in [7, 11) is 0. The lowest BCUT2D eigenvalue weighted by molar-refractivity contribution is -0.646. The molecule has 3 aromatic carbocycles. The van der Waals surface area contributed by atoms with E-state index in [0.29, 0.717) is 19.6 Å². The first kappa shape index (κ1) is 20.3. The number of fused-ring (bicyclic) bond motifs is 2. The Hall–Kier alpha value is -2.99. The SMILES string of the molecule is OCCN(CCO)c1ccc(-c2c3ccccc3[n+](CCO)c3ccccc23)cc1. The number of hydrogen-bond acceptors (Lipinski definition) is 4. The van der Waals surface area contributed by atoms with Gasteiger partial charge in [0.1, 0.15) is 6.61 Å². The van der Waals surface area contributed by atoms with Crippen molar-refractivity contribution in [3.63, 3.8) is 0 Å². The zero-order valence-electron chi connectivity index (χ0n) is 16.9. The highest BCUT2D eigenvalue weighted by Gasteiger charge is 2.20. The zero-order chi connectivity index (χ0) is 20.9. The van der Waals surface area contributed by atoms with Gasteiger partial charge < -0.3 is 20.2 Å². The first-order chi connectivity index (χ1) is 14.8. The number of benzene rings is 3. The summed E-state index contributed by atoms with van der Waals surface area (Å²) in [4.78, 5) is 1.97. The molecule has 0 aliphatic rings. The van der Waals surface area contributed by atoms with E-state index in [9.17, 15) is 15.3 Å². The molecule has 0 saturated heterocycles. The van der Waals surface area contributed by atoms with Crippen LogP contribution in [-0.4, -0.2) is 48.2 Å². The number of rotatable bonds is 8. The van der Waals surface area contributed by atoms with Crippen molar-refractivity contribution >= 4 is 27.5 Å². The van der Waals surface area contributed by atoms with E-state index in [1.54, 1.807) is 0 Å². The number of pyridine rings is 1. The molecule has 0 unspecified atom stereocenters. The predicted molar refractivity (Wildman–Crippen MR) is 121 cm³/mol. The Labute approximate surface area is 176 Å². The third kappa shape index (κ3) is 3.75. The van der Waals surface area contributed by atoms with Crippen molar-refractivity contribution in [1.29, 1.82) is 0 Å². The molecule has 1 aromatic heterocycles. The Balaban J connectivity index is 1.91. The molecular formula is C25H27N2O3+. The summed E-state index contributed by atoms with van der Waals surface area (Å²) in [5, 5.41) is 30.6. The fourth-order valence-electron chi connectivity index (χ4n) is 4.22. The van der Waals surface area contributed by atoms with Gasteiger partial charge in [-0.05, 0) is 29.8 Å². The van der Waals surface area contributed by atoms with E-state index in [1.807, 2.05) is 41.3 Å². The first-order valence-electron chi connectivity index (χ1n) is 10.3. The van der Waals surface area contributed by atoms with Gasteiger partial charge in [0.2, 0.25) is 11.0 Å². The quantitative estimate of drug-likeness (QED) is 0.313. The zero-order valence-corrected chi connectivity index (χ0v) is 16.9. The third-order valence-corrected chi connectivity index (χ3v) is 5.51. The molecule has 0 aliphatic heterocycles. The molecule has 0 fully saturated rings. The monoisotopic (exact) mass is 403 g/mol. The van der Waals surface area contributed by atoms with Gasteiger partial charge in [-0.25, -0.2) is 0 Å². The van der Waals surface area contributed by atoms with Gasteiger partial charge >= 0.3 is 0 Å². The number of anilines is 1. The highest BCUT2D eigenvalue weighted by Crippen LogP contribution is 2.34. The molecule has 30 heavy (non-hydrogen) atoms. The van der Waals surface area contributed by atoms with Crippen LogP contribution in [0.25, 0.3) is 32.9 Å². The molecular weight excluding hydrogens is 376 g/mol. The van der Waals surface area contributed by atoms with E-state index in [1.165, 1.54) is 0 Å². The van der Waals surface area contributed by atoms with E-state index in [-0.39, 0.29) is 19.8 Å². The number of para-hydroxylation sites is 2. The largest absolute Gasteiger partial charge is 0.395 e. The maximum atomic E-state index is 9.63. The molecule has 4 rings (SSSR count). The van der Waals surface area contributed by atoms with E-state index < -0.39 is 0 Å². The Bertz CT molecular complexity index is 1080. The molecule has 0 saturated carbocycles. The number of nitrogens with zero attached hydrogens (tertiary/aromatic N) is 2. The van der Waals surface area contributed by atoms with Crippen molar-refractivity contribution in [2.24, 2.45) is 0 Å². The lowest BCUT2D eigenvalue weighted by Crippen LogP contribution is -2.37. The van der Waals surface area contributed by atoms with Crippen molar-refractivity contribution in [2.45, 2.75) is 6.54 Å². The fourth-order valence-corrected chi connectivity index (χ4v) is 4.22. The van der Waals surface area contributed by atoms with Crippen LogP contribution in [0.2, 0.25) is 0 Å². The fraction of sp³-hybridized carbons (Fsp3) is 0.240. The van der Waals surface area contributed by atoms with Gasteiger partial charge in [0, 0.05) is 36.5 Å². The topological polar surface area (TPSA) is 67.8 Å². The maximum Gasteiger partial charge on any atom is 0.213 e. The standard InChI is InChI=1S/C25H27N2O3/c28-16-13-26(14-17-29)20-11-9-19(10-12-20)25-21-5-1-3-7-23(21)27(15-18-30)24-8-4-2-6-22(24)25/h1-12,28-30H,13-18H2/q+1. The highest BCUT2D eigenvalue weighted by atomic mass is 16.3. The smallest absolute Gasteiger partial charge is 0.213 e. The van der Waals surface area contributed by atoms with Crippen LogP contribution in [0.1, 0.15) is 0 Å². The van der Waals surface area contributed by atoms with Gasteiger partial charge in [0.15, 0.2) is 6.54 Å². The molecule has 0 amide bonds. The summed E-state index contributed by atoms with van der Waals surface area (Å²) in [6.45, 7) is 1.67. The van der Waals surface area contributed by atoms with Crippen LogP contribution in [-0.2, 0) is 6.54 Å². The second-order valence-corrected chi connectivity index (χ2v) is 7.27. The van der Waals surface area contributed by atoms with Gasteiger partial charge in [-0.1, -0.05) is 36.4 Å². The summed E-state index contributed by atoms with van der Waals surface area (Å²) in [6, 6.07) is 24.9. The normalized spacial score (nSPS) is 11.3. The Morgan fingerprint density at radius 1 is 0.633 bits per heavy atom. The highest BCUT2D eigenvalue weighted by molar-refractivity contribution is 6.07. The van der Waals surface area contributed by atoms with Gasteiger partial charge in [-0.2, -0.15) is 4.57 Å². The summed E-state index contributed by atoms with van der Waals surface area (Å²) >= 11 is 0. The second kappa shape index (κ2) is 9.22. The van der Waals surface area contributed by atoms with Crippen LogP contribution in [0.3, 0.4) is 0 Å². The van der Waals surface area contributed by atoms with Crippen molar-refractivity contribution in [3.8, 4) is 11.1 Å². The van der Waals surface area contributed by atoms with Crippen LogP contribution < -0.4 is 9.47 Å². The van der Waals surface area contributed by atoms with Crippen LogP contribution in [0.4, 0.5) is 5.69 Å². The van der Waals surface area contributed by atoms with E-state index >= 15 is 0 Å². The lowest BCUT2D eigenvalue weighted by atomic mass is 9.95. The molecule has 0 bridgehead atoms. The summed E-state index contributed by atoms with van der Waals surface area (Å²) < 4.78 is 2.17. The molecule has 0 atom stereocenters. The van der Waals surface area contributed by atoms with Gasteiger partial charge in [-0.3, -0.25) is 0 Å². The second-order valence-electron chi connectivity index (χ2n) is 7.27. The van der Waals surface area contributed by atoms with Gasteiger partial charge in [0.05, 0.1) is 24.0 Å². The molecule has 1 heterocycles. The lowest BCUT2D eigenvalue weighted by Gasteiger charge is -2.23. The Kier molecular flexibility index (Phi) is 6.23. The third-order valence-electron chi connectivity index (χ3n) is 5.51. The maximum absolute atomic E-state index is 9.63. The number of aliphatic hydroxyl groups excluding tert-OH is 3. The van der Waals surface area contributed by atoms with Crippen LogP contribution in [0.15, 0.2) is 72.8 Å². The summed E-state index contributed by atoms with van der Waals surface area (Å²) in [5.41, 5.74) is 5.42. The molecule has 154 valence electrons. The van der Waals surface area contributed by atoms with Crippen molar-refractivity contribution < 1.29 is 19.9 Å². The van der Waals surface area contributed by atoms with Crippen LogP contribution in [0.5, 0.6) is 0 Å². The average molecular weight is 404 g/mol. The van der Waals surface area contributed by atoms with Crippen LogP contribution in [0, 0.1) is 0 Å². The van der Waals surface area contributed by atoms with E-state index in [0.717, 1.165) is 38.6 Å². The van der Waals surface area contributed by atoms with Crippen molar-refractivity contribution in [3.05, 3.63) is 72.8 Å². The Morgan fingerprint density at radius 3 is 1.67 bits per heavy atom. The van der Waals surface area contributed by atoms with Crippen molar-refractivity contribution in [2.75, 3.05) is 37.8 Å². The average Bonchev–Trinajstić information content (AvgIpc) is 2.79. The number of aliphatic hydroxyl groups is 3. The molecule has 4 aromatic rings. The summed E-state index contributed by atoms with van der Waals surface area (Å²) in [6.07, 6.45) is 0. The summed E-state index contributed by atoms with van der Waals surface area (Å²) in [5.74, 6) is 0. The first-order valence-corrected chi connectivity index (χ1v) is 10.3. The minimum atomic E-state index is 0.0422. The molecule has 5 heteroatoms. The van der Waals surface area contributed by atoms with Crippen molar-refractivity contribution in [1.82, 2.24) is 0 Å². The predicted octanol–water partition coefficient (Wildman–Crippen LogP) is 2.73. The van der Waals surface area contributed by atoms with E-state index in [2.05, 4.69) is 41.0 Å². The van der Waals surface area contributed by atoms with E-state index in [4.69, 9.17) is 0 Å². The molecule has 5 nitrogen and oxygen atoms in total. The Morgan fingerprint density at radius 2 is 1.17 bits per heavy atom. The molecule has 0 aliphatic carbocycles.